The third-order valence-corrected chi connectivity index (χ3v) is 4.75. The van der Waals surface area contributed by atoms with Crippen LogP contribution in [0.1, 0.15) is 72.6 Å². The Hall–Kier alpha value is -1.06. The van der Waals surface area contributed by atoms with Crippen LogP contribution in [0.15, 0.2) is 0 Å². The topological polar surface area (TPSA) is 49.4 Å². The molecule has 1 saturated carbocycles. The van der Waals surface area contributed by atoms with Gasteiger partial charge in [-0.25, -0.2) is 0 Å². The Bertz CT molecular complexity index is 343. The van der Waals surface area contributed by atoms with Crippen LogP contribution < -0.4 is 5.32 Å². The second kappa shape index (κ2) is 9.86. The molecule has 1 aliphatic rings. The summed E-state index contributed by atoms with van der Waals surface area (Å²) in [6.07, 6.45) is 6.41. The van der Waals surface area contributed by atoms with Gasteiger partial charge in [0.1, 0.15) is 0 Å². The van der Waals surface area contributed by atoms with Crippen molar-refractivity contribution in [3.8, 4) is 0 Å². The second-order valence-electron chi connectivity index (χ2n) is 6.69. The van der Waals surface area contributed by atoms with E-state index in [2.05, 4.69) is 26.1 Å². The van der Waals surface area contributed by atoms with Gasteiger partial charge in [-0.3, -0.25) is 9.59 Å². The van der Waals surface area contributed by atoms with Crippen LogP contribution in [0.4, 0.5) is 0 Å². The maximum Gasteiger partial charge on any atom is 0.225 e. The van der Waals surface area contributed by atoms with Crippen LogP contribution in [0, 0.1) is 11.8 Å². The van der Waals surface area contributed by atoms with E-state index in [-0.39, 0.29) is 23.8 Å². The Kier molecular flexibility index (Phi) is 8.51. The van der Waals surface area contributed by atoms with Crippen LogP contribution in [0.2, 0.25) is 0 Å². The van der Waals surface area contributed by atoms with Gasteiger partial charge in [0.05, 0.1) is 0 Å². The van der Waals surface area contributed by atoms with Gasteiger partial charge >= 0.3 is 0 Å². The first-order chi connectivity index (χ1) is 10.5. The Morgan fingerprint density at radius 3 is 1.95 bits per heavy atom. The minimum absolute atomic E-state index is 0.101. The van der Waals surface area contributed by atoms with Gasteiger partial charge in [0.2, 0.25) is 11.8 Å². The molecule has 2 amide bonds. The lowest BCUT2D eigenvalue weighted by molar-refractivity contribution is -0.138. The summed E-state index contributed by atoms with van der Waals surface area (Å²) in [7, 11) is 0. The molecule has 1 atom stereocenters. The van der Waals surface area contributed by atoms with E-state index in [1.165, 1.54) is 0 Å². The van der Waals surface area contributed by atoms with Gasteiger partial charge in [-0.15, -0.1) is 0 Å². The van der Waals surface area contributed by atoms with Crippen LogP contribution in [0.3, 0.4) is 0 Å². The zero-order valence-corrected chi connectivity index (χ0v) is 14.9. The smallest absolute Gasteiger partial charge is 0.225 e. The third kappa shape index (κ3) is 5.62. The lowest BCUT2D eigenvalue weighted by Gasteiger charge is -2.32. The standard InChI is InChI=1S/C18H34N2O2/c1-5-12-20(13-6-2)18(22)16-10-8-15(9-11-16)17(21)19-14(4)7-3/h14-16H,5-13H2,1-4H3,(H,19,21). The molecule has 1 aliphatic carbocycles. The number of rotatable bonds is 8. The molecule has 128 valence electrons. The predicted octanol–water partition coefficient (Wildman–Crippen LogP) is 3.36. The molecule has 0 aromatic rings. The molecule has 4 heteroatoms. The predicted molar refractivity (Wildman–Crippen MR) is 90.5 cm³/mol. The monoisotopic (exact) mass is 310 g/mol. The SMILES string of the molecule is CCCN(CCC)C(=O)C1CCC(C(=O)NC(C)CC)CC1. The van der Waals surface area contributed by atoms with Crippen molar-refractivity contribution in [1.29, 1.82) is 0 Å². The molecular weight excluding hydrogens is 276 g/mol. The van der Waals surface area contributed by atoms with Gasteiger partial charge in [0.15, 0.2) is 0 Å². The van der Waals surface area contributed by atoms with Crippen LogP contribution in [-0.4, -0.2) is 35.8 Å². The summed E-state index contributed by atoms with van der Waals surface area (Å²) in [5, 5.41) is 3.07. The van der Waals surface area contributed by atoms with Crippen LogP contribution in [0.5, 0.6) is 0 Å². The molecule has 4 nitrogen and oxygen atoms in total. The van der Waals surface area contributed by atoms with Crippen LogP contribution in [-0.2, 0) is 9.59 Å². The number of nitrogens with zero attached hydrogens (tertiary/aromatic N) is 1. The summed E-state index contributed by atoms with van der Waals surface area (Å²) < 4.78 is 0. The summed E-state index contributed by atoms with van der Waals surface area (Å²) in [4.78, 5) is 26.8. The molecule has 0 aliphatic heterocycles. The molecule has 1 N–H and O–H groups in total. The first-order valence-corrected chi connectivity index (χ1v) is 9.12. The quantitative estimate of drug-likeness (QED) is 0.747. The van der Waals surface area contributed by atoms with Crippen molar-refractivity contribution >= 4 is 11.8 Å². The molecule has 1 fully saturated rings. The number of hydrogen-bond acceptors (Lipinski definition) is 2. The molecule has 1 unspecified atom stereocenters. The highest BCUT2D eigenvalue weighted by atomic mass is 16.2. The normalized spacial score (nSPS) is 22.9. The third-order valence-electron chi connectivity index (χ3n) is 4.75. The number of amides is 2. The highest BCUT2D eigenvalue weighted by Crippen LogP contribution is 2.30. The van der Waals surface area contributed by atoms with Crippen molar-refractivity contribution in [2.45, 2.75) is 78.7 Å². The number of hydrogen-bond donors (Lipinski definition) is 1. The fraction of sp³-hybridized carbons (Fsp3) is 0.889. The van der Waals surface area contributed by atoms with Crippen molar-refractivity contribution in [2.24, 2.45) is 11.8 Å². The van der Waals surface area contributed by atoms with Gasteiger partial charge in [-0.2, -0.15) is 0 Å². The fourth-order valence-corrected chi connectivity index (χ4v) is 3.20. The lowest BCUT2D eigenvalue weighted by Crippen LogP contribution is -2.42. The van der Waals surface area contributed by atoms with Gasteiger partial charge in [-0.05, 0) is 51.9 Å². The van der Waals surface area contributed by atoms with E-state index in [4.69, 9.17) is 0 Å². The molecule has 0 radical (unpaired) electrons. The Labute approximate surface area is 136 Å². The average Bonchev–Trinajstić information content (AvgIpc) is 2.54. The van der Waals surface area contributed by atoms with Crippen LogP contribution >= 0.6 is 0 Å². The molecule has 0 aromatic carbocycles. The molecule has 0 aromatic heterocycles. The maximum absolute atomic E-state index is 12.6. The highest BCUT2D eigenvalue weighted by Gasteiger charge is 2.31. The molecule has 1 rings (SSSR count). The summed E-state index contributed by atoms with van der Waals surface area (Å²) in [5.41, 5.74) is 0. The number of nitrogens with one attached hydrogen (secondary N) is 1. The van der Waals surface area contributed by atoms with Gasteiger partial charge in [0, 0.05) is 31.0 Å². The lowest BCUT2D eigenvalue weighted by atomic mass is 9.80. The number of carbonyl (C=O) groups excluding carboxylic acids is 2. The molecular formula is C18H34N2O2. The Morgan fingerprint density at radius 1 is 1.00 bits per heavy atom. The van der Waals surface area contributed by atoms with Crippen molar-refractivity contribution in [1.82, 2.24) is 10.2 Å². The van der Waals surface area contributed by atoms with Crippen molar-refractivity contribution in [2.75, 3.05) is 13.1 Å². The largest absolute Gasteiger partial charge is 0.353 e. The zero-order valence-electron chi connectivity index (χ0n) is 14.9. The minimum atomic E-state index is 0.101. The fourth-order valence-electron chi connectivity index (χ4n) is 3.20. The molecule has 0 spiro atoms. The molecule has 0 bridgehead atoms. The molecule has 22 heavy (non-hydrogen) atoms. The van der Waals surface area contributed by atoms with Crippen molar-refractivity contribution in [3.63, 3.8) is 0 Å². The summed E-state index contributed by atoms with van der Waals surface area (Å²) in [6, 6.07) is 0.247. The van der Waals surface area contributed by atoms with Crippen molar-refractivity contribution in [3.05, 3.63) is 0 Å². The Balaban J connectivity index is 2.46. The number of carbonyl (C=O) groups is 2. The summed E-state index contributed by atoms with van der Waals surface area (Å²) in [6.45, 7) is 10.1. The zero-order chi connectivity index (χ0) is 16.5. The summed E-state index contributed by atoms with van der Waals surface area (Å²) in [5.74, 6) is 0.721. The first-order valence-electron chi connectivity index (χ1n) is 9.12. The van der Waals surface area contributed by atoms with Crippen molar-refractivity contribution < 1.29 is 9.59 Å². The van der Waals surface area contributed by atoms with E-state index in [0.717, 1.165) is 58.0 Å². The van der Waals surface area contributed by atoms with Gasteiger partial charge in [-0.1, -0.05) is 20.8 Å². The van der Waals surface area contributed by atoms with E-state index >= 15 is 0 Å². The Morgan fingerprint density at radius 2 is 1.50 bits per heavy atom. The first kappa shape index (κ1) is 19.0. The molecule has 0 saturated heterocycles. The van der Waals surface area contributed by atoms with Gasteiger partial charge < -0.3 is 10.2 Å². The van der Waals surface area contributed by atoms with Gasteiger partial charge in [0.25, 0.3) is 0 Å². The van der Waals surface area contributed by atoms with E-state index in [1.54, 1.807) is 0 Å². The second-order valence-corrected chi connectivity index (χ2v) is 6.69. The van der Waals surface area contributed by atoms with E-state index in [0.29, 0.717) is 5.91 Å². The summed E-state index contributed by atoms with van der Waals surface area (Å²) >= 11 is 0. The van der Waals surface area contributed by atoms with E-state index < -0.39 is 0 Å². The average molecular weight is 310 g/mol. The molecule has 0 heterocycles. The minimum Gasteiger partial charge on any atom is -0.353 e. The van der Waals surface area contributed by atoms with E-state index in [9.17, 15) is 9.59 Å². The van der Waals surface area contributed by atoms with Crippen LogP contribution in [0.25, 0.3) is 0 Å². The van der Waals surface area contributed by atoms with E-state index in [1.807, 2.05) is 11.8 Å². The highest BCUT2D eigenvalue weighted by molar-refractivity contribution is 5.81. The maximum atomic E-state index is 12.6.